The molecule has 0 fully saturated rings. The van der Waals surface area contributed by atoms with E-state index in [2.05, 4.69) is 26.7 Å². The number of benzene rings is 1. The molecule has 2 aromatic heterocycles. The minimum absolute atomic E-state index is 0.289. The fourth-order valence-corrected chi connectivity index (χ4v) is 2.35. The number of hydrazone groups is 1. The van der Waals surface area contributed by atoms with Crippen LogP contribution in [0, 0.1) is 11.3 Å². The second-order valence-corrected chi connectivity index (χ2v) is 5.38. The largest absolute Gasteiger partial charge is 0.289 e. The molecule has 0 radical (unpaired) electrons. The molecule has 0 saturated carbocycles. The predicted molar refractivity (Wildman–Crippen MR) is 97.2 cm³/mol. The van der Waals surface area contributed by atoms with Gasteiger partial charge >= 0.3 is 0 Å². The molecule has 2 heterocycles. The maximum Gasteiger partial charge on any atom is 0.289 e. The van der Waals surface area contributed by atoms with Crippen molar-refractivity contribution in [3.63, 3.8) is 0 Å². The molecule has 1 N–H and O–H groups in total. The highest BCUT2D eigenvalue weighted by Crippen LogP contribution is 2.20. The first-order chi connectivity index (χ1) is 12.8. The summed E-state index contributed by atoms with van der Waals surface area (Å²) in [7, 11) is 0. The summed E-state index contributed by atoms with van der Waals surface area (Å²) in [5.74, 6) is -0.389. The first-order valence-corrected chi connectivity index (χ1v) is 8.02. The van der Waals surface area contributed by atoms with Gasteiger partial charge < -0.3 is 0 Å². The smallest absolute Gasteiger partial charge is 0.270 e. The summed E-state index contributed by atoms with van der Waals surface area (Å²) in [4.78, 5) is 16.0. The number of hydrogen-bond donors (Lipinski definition) is 1. The molecule has 1 amide bonds. The third-order valence-electron chi connectivity index (χ3n) is 3.56. The Balaban J connectivity index is 1.80. The highest BCUT2D eigenvalue weighted by Gasteiger charge is 2.10. The Morgan fingerprint density at radius 2 is 2.04 bits per heavy atom. The van der Waals surface area contributed by atoms with Gasteiger partial charge in [0.1, 0.15) is 11.4 Å². The van der Waals surface area contributed by atoms with E-state index >= 15 is 0 Å². The molecule has 7 nitrogen and oxygen atoms in total. The summed E-state index contributed by atoms with van der Waals surface area (Å²) in [6.45, 7) is 0.491. The second kappa shape index (κ2) is 8.35. The van der Waals surface area contributed by atoms with E-state index in [0.29, 0.717) is 13.0 Å². The predicted octanol–water partition coefficient (Wildman–Crippen LogP) is 2.62. The Hall–Kier alpha value is -3.79. The van der Waals surface area contributed by atoms with Gasteiger partial charge in [-0.2, -0.15) is 15.5 Å². The molecule has 7 heteroatoms. The van der Waals surface area contributed by atoms with Crippen LogP contribution in [0.5, 0.6) is 0 Å². The number of carbonyl (C=O) groups excluding carboxylic acids is 1. The van der Waals surface area contributed by atoms with E-state index in [-0.39, 0.29) is 11.6 Å². The Labute approximate surface area is 150 Å². The number of hydrogen-bond acceptors (Lipinski definition) is 5. The maximum absolute atomic E-state index is 12.0. The quantitative estimate of drug-likeness (QED) is 0.549. The summed E-state index contributed by atoms with van der Waals surface area (Å²) in [5.41, 5.74) is 5.16. The summed E-state index contributed by atoms with van der Waals surface area (Å²) in [6.07, 6.45) is 5.25. The zero-order chi connectivity index (χ0) is 18.2. The molecule has 128 valence electrons. The van der Waals surface area contributed by atoms with E-state index in [0.717, 1.165) is 16.8 Å². The standard InChI is InChI=1S/C19H16N6O/c20-10-6-12-25-14-16(18(24-25)15-7-2-1-3-8-15)13-22-23-19(26)17-9-4-5-11-21-17/h1-5,7-9,11,13-14H,6,12H2,(H,23,26)/b22-13-. The highest BCUT2D eigenvalue weighted by atomic mass is 16.2. The van der Waals surface area contributed by atoms with Crippen LogP contribution in [0.2, 0.25) is 0 Å². The summed E-state index contributed by atoms with van der Waals surface area (Å²) >= 11 is 0. The average molecular weight is 344 g/mol. The topological polar surface area (TPSA) is 96.0 Å². The number of nitrogens with zero attached hydrogens (tertiary/aromatic N) is 5. The molecule has 0 bridgehead atoms. The first-order valence-electron chi connectivity index (χ1n) is 8.02. The maximum atomic E-state index is 12.0. The average Bonchev–Trinajstić information content (AvgIpc) is 3.10. The van der Waals surface area contributed by atoms with Gasteiger partial charge in [0.2, 0.25) is 0 Å². The van der Waals surface area contributed by atoms with Gasteiger partial charge in [0.05, 0.1) is 25.2 Å². The van der Waals surface area contributed by atoms with Crippen molar-refractivity contribution in [2.75, 3.05) is 0 Å². The van der Waals surface area contributed by atoms with E-state index < -0.39 is 0 Å². The molecule has 1 aromatic carbocycles. The molecule has 0 aliphatic heterocycles. The fraction of sp³-hybridized carbons (Fsp3) is 0.105. The molecule has 0 aliphatic carbocycles. The molecule has 0 spiro atoms. The van der Waals surface area contributed by atoms with Crippen LogP contribution in [0.3, 0.4) is 0 Å². The van der Waals surface area contributed by atoms with Gasteiger partial charge in [-0.25, -0.2) is 5.43 Å². The van der Waals surface area contributed by atoms with Gasteiger partial charge in [-0.1, -0.05) is 36.4 Å². The van der Waals surface area contributed by atoms with Crippen LogP contribution in [0.4, 0.5) is 0 Å². The van der Waals surface area contributed by atoms with Crippen LogP contribution in [0.15, 0.2) is 66.0 Å². The lowest BCUT2D eigenvalue weighted by Crippen LogP contribution is -2.18. The molecule has 3 aromatic rings. The number of amides is 1. The third-order valence-corrected chi connectivity index (χ3v) is 3.56. The van der Waals surface area contributed by atoms with Crippen LogP contribution in [-0.4, -0.2) is 26.9 Å². The van der Waals surface area contributed by atoms with E-state index in [9.17, 15) is 4.79 Å². The minimum Gasteiger partial charge on any atom is -0.270 e. The molecular formula is C19H16N6O. The van der Waals surface area contributed by atoms with Crippen LogP contribution >= 0.6 is 0 Å². The molecule has 3 rings (SSSR count). The molecule has 0 atom stereocenters. The van der Waals surface area contributed by atoms with Gasteiger partial charge in [-0.15, -0.1) is 0 Å². The summed E-state index contributed by atoms with van der Waals surface area (Å²) < 4.78 is 1.70. The van der Waals surface area contributed by atoms with Crippen molar-refractivity contribution in [1.29, 1.82) is 5.26 Å². The highest BCUT2D eigenvalue weighted by molar-refractivity contribution is 5.94. The lowest BCUT2D eigenvalue weighted by atomic mass is 10.1. The lowest BCUT2D eigenvalue weighted by Gasteiger charge is -1.99. The monoisotopic (exact) mass is 344 g/mol. The zero-order valence-corrected chi connectivity index (χ0v) is 13.9. The van der Waals surface area contributed by atoms with Gasteiger partial charge in [-0.3, -0.25) is 14.5 Å². The van der Waals surface area contributed by atoms with Crippen LogP contribution in [0.25, 0.3) is 11.3 Å². The molecule has 0 unspecified atom stereocenters. The Bertz CT molecular complexity index is 941. The van der Waals surface area contributed by atoms with Crippen molar-refractivity contribution < 1.29 is 4.79 Å². The van der Waals surface area contributed by atoms with Crippen molar-refractivity contribution in [2.45, 2.75) is 13.0 Å². The molecule has 0 saturated heterocycles. The first kappa shape index (κ1) is 17.0. The Morgan fingerprint density at radius 3 is 2.77 bits per heavy atom. The van der Waals surface area contributed by atoms with Gasteiger partial charge in [0, 0.05) is 23.5 Å². The number of nitriles is 1. The van der Waals surface area contributed by atoms with Crippen molar-refractivity contribution in [1.82, 2.24) is 20.2 Å². The number of nitrogens with one attached hydrogen (secondary N) is 1. The van der Waals surface area contributed by atoms with E-state index in [1.165, 1.54) is 0 Å². The minimum atomic E-state index is -0.389. The van der Waals surface area contributed by atoms with E-state index in [4.69, 9.17) is 5.26 Å². The Morgan fingerprint density at radius 1 is 1.23 bits per heavy atom. The zero-order valence-electron chi connectivity index (χ0n) is 13.9. The normalized spacial score (nSPS) is 10.6. The van der Waals surface area contributed by atoms with Crippen molar-refractivity contribution in [3.8, 4) is 17.3 Å². The van der Waals surface area contributed by atoms with Crippen LogP contribution < -0.4 is 5.43 Å². The number of rotatable bonds is 6. The van der Waals surface area contributed by atoms with Gasteiger partial charge in [0.15, 0.2) is 0 Å². The van der Waals surface area contributed by atoms with Crippen LogP contribution in [0.1, 0.15) is 22.5 Å². The second-order valence-electron chi connectivity index (χ2n) is 5.38. The number of aromatic nitrogens is 3. The van der Waals surface area contributed by atoms with Gasteiger partial charge in [-0.05, 0) is 12.1 Å². The summed E-state index contributed by atoms with van der Waals surface area (Å²) in [6, 6.07) is 16.9. The molecule has 0 aliphatic rings. The summed E-state index contributed by atoms with van der Waals surface area (Å²) in [5, 5.41) is 17.3. The van der Waals surface area contributed by atoms with Crippen molar-refractivity contribution in [3.05, 3.63) is 72.2 Å². The van der Waals surface area contributed by atoms with Crippen LogP contribution in [-0.2, 0) is 6.54 Å². The van der Waals surface area contributed by atoms with Crippen molar-refractivity contribution >= 4 is 12.1 Å². The molecular weight excluding hydrogens is 328 g/mol. The SMILES string of the molecule is N#CCCn1cc(/C=N\NC(=O)c2ccccn2)c(-c2ccccc2)n1. The third kappa shape index (κ3) is 4.19. The van der Waals surface area contributed by atoms with E-state index in [1.54, 1.807) is 41.5 Å². The number of pyridine rings is 1. The fourth-order valence-electron chi connectivity index (χ4n) is 2.35. The van der Waals surface area contributed by atoms with E-state index in [1.807, 2.05) is 30.3 Å². The Kier molecular flexibility index (Phi) is 5.47. The number of aryl methyl sites for hydroxylation is 1. The van der Waals surface area contributed by atoms with Crippen molar-refractivity contribution in [2.24, 2.45) is 5.10 Å². The number of carbonyl (C=O) groups is 1. The molecule has 26 heavy (non-hydrogen) atoms. The lowest BCUT2D eigenvalue weighted by molar-refractivity contribution is 0.0950. The van der Waals surface area contributed by atoms with Gasteiger partial charge in [0.25, 0.3) is 5.91 Å².